The minimum absolute atomic E-state index is 0.00380. The van der Waals surface area contributed by atoms with Gasteiger partial charge in [-0.05, 0) is 19.3 Å². The summed E-state index contributed by atoms with van der Waals surface area (Å²) in [5, 5.41) is 3.34. The van der Waals surface area contributed by atoms with E-state index in [0.29, 0.717) is 24.9 Å². The van der Waals surface area contributed by atoms with Gasteiger partial charge in [-0.1, -0.05) is 6.08 Å². The van der Waals surface area contributed by atoms with E-state index in [4.69, 9.17) is 0 Å². The number of halogens is 3. The fourth-order valence-electron chi connectivity index (χ4n) is 2.27. The summed E-state index contributed by atoms with van der Waals surface area (Å²) in [5.41, 5.74) is 0.408. The van der Waals surface area contributed by atoms with Crippen LogP contribution in [0.3, 0.4) is 0 Å². The fourth-order valence-corrected chi connectivity index (χ4v) is 2.27. The van der Waals surface area contributed by atoms with E-state index in [9.17, 15) is 13.2 Å². The van der Waals surface area contributed by atoms with Gasteiger partial charge in [0.2, 0.25) is 0 Å². The zero-order valence-electron chi connectivity index (χ0n) is 11.5. The number of nitrogens with one attached hydrogen (secondary N) is 1. The monoisotopic (exact) mass is 298 g/mol. The van der Waals surface area contributed by atoms with Gasteiger partial charge < -0.3 is 10.2 Å². The zero-order chi connectivity index (χ0) is 14.9. The topological polar surface area (TPSA) is 41.1 Å². The predicted molar refractivity (Wildman–Crippen MR) is 72.9 cm³/mol. The van der Waals surface area contributed by atoms with Gasteiger partial charge >= 0.3 is 6.18 Å². The minimum Gasteiger partial charge on any atom is -0.351 e. The lowest BCUT2D eigenvalue weighted by Crippen LogP contribution is -2.32. The largest absolute Gasteiger partial charge is 0.412 e. The second-order valence-electron chi connectivity index (χ2n) is 5.44. The molecule has 0 spiro atoms. The maximum atomic E-state index is 12.6. The average Bonchev–Trinajstić information content (AvgIpc) is 3.29. The van der Waals surface area contributed by atoms with Gasteiger partial charge in [-0.15, -0.1) is 0 Å². The highest BCUT2D eigenvalue weighted by Crippen LogP contribution is 2.31. The third-order valence-corrected chi connectivity index (χ3v) is 3.74. The molecule has 1 aromatic heterocycles. The SMILES string of the molecule is FC(F)(F)C1=CCN(c2cnc(CNC3CC3)cn2)CC1. The Balaban J connectivity index is 1.58. The molecule has 114 valence electrons. The molecule has 2 heterocycles. The van der Waals surface area contributed by atoms with Crippen molar-refractivity contribution in [1.29, 1.82) is 0 Å². The fraction of sp³-hybridized carbons (Fsp3) is 0.571. The molecule has 3 rings (SSSR count). The standard InChI is InChI=1S/C14H17F3N4/c15-14(16,17)10-3-5-21(6-4-10)13-9-19-12(8-20-13)7-18-11-1-2-11/h3,8-9,11,18H,1-2,4-7H2. The molecule has 0 amide bonds. The highest BCUT2D eigenvalue weighted by atomic mass is 19.4. The summed E-state index contributed by atoms with van der Waals surface area (Å²) < 4.78 is 37.7. The minimum atomic E-state index is -4.21. The van der Waals surface area contributed by atoms with Crippen molar-refractivity contribution in [2.45, 2.75) is 38.0 Å². The summed E-state index contributed by atoms with van der Waals surface area (Å²) in [5.74, 6) is 0.627. The van der Waals surface area contributed by atoms with Crippen LogP contribution in [0.5, 0.6) is 0 Å². The first-order valence-electron chi connectivity index (χ1n) is 7.08. The van der Waals surface area contributed by atoms with E-state index in [2.05, 4.69) is 15.3 Å². The molecule has 21 heavy (non-hydrogen) atoms. The molecule has 4 nitrogen and oxygen atoms in total. The number of aromatic nitrogens is 2. The molecule has 0 atom stereocenters. The molecular formula is C14H17F3N4. The summed E-state index contributed by atoms with van der Waals surface area (Å²) in [6.07, 6.45) is 2.77. The van der Waals surface area contributed by atoms with Gasteiger partial charge in [0.1, 0.15) is 5.82 Å². The molecule has 0 saturated heterocycles. The third kappa shape index (κ3) is 3.72. The van der Waals surface area contributed by atoms with Crippen LogP contribution >= 0.6 is 0 Å². The normalized spacial score (nSPS) is 19.6. The molecule has 1 saturated carbocycles. The molecule has 0 bridgehead atoms. The molecular weight excluding hydrogens is 281 g/mol. The van der Waals surface area contributed by atoms with E-state index in [1.54, 1.807) is 17.3 Å². The van der Waals surface area contributed by atoms with Crippen LogP contribution in [0, 0.1) is 0 Å². The maximum absolute atomic E-state index is 12.6. The van der Waals surface area contributed by atoms with Crippen molar-refractivity contribution in [3.05, 3.63) is 29.7 Å². The highest BCUT2D eigenvalue weighted by Gasteiger charge is 2.34. The Morgan fingerprint density at radius 1 is 1.24 bits per heavy atom. The van der Waals surface area contributed by atoms with Gasteiger partial charge in [-0.3, -0.25) is 4.98 Å². The summed E-state index contributed by atoms with van der Waals surface area (Å²) in [6.45, 7) is 1.24. The first-order chi connectivity index (χ1) is 10.0. The molecule has 1 aliphatic heterocycles. The van der Waals surface area contributed by atoms with Crippen LogP contribution in [-0.4, -0.2) is 35.3 Å². The predicted octanol–water partition coefficient (Wildman–Crippen LogP) is 2.43. The van der Waals surface area contributed by atoms with Crippen LogP contribution in [0.2, 0.25) is 0 Å². The van der Waals surface area contributed by atoms with Crippen molar-refractivity contribution in [1.82, 2.24) is 15.3 Å². The Hall–Kier alpha value is -1.63. The van der Waals surface area contributed by atoms with E-state index < -0.39 is 11.7 Å². The van der Waals surface area contributed by atoms with Crippen molar-refractivity contribution in [2.75, 3.05) is 18.0 Å². The van der Waals surface area contributed by atoms with Crippen LogP contribution in [0.25, 0.3) is 0 Å². The Morgan fingerprint density at radius 3 is 2.57 bits per heavy atom. The van der Waals surface area contributed by atoms with E-state index >= 15 is 0 Å². The molecule has 0 unspecified atom stereocenters. The summed E-state index contributed by atoms with van der Waals surface area (Å²) >= 11 is 0. The van der Waals surface area contributed by atoms with E-state index in [0.717, 1.165) is 5.69 Å². The van der Waals surface area contributed by atoms with Crippen molar-refractivity contribution >= 4 is 5.82 Å². The number of rotatable bonds is 4. The Kier molecular flexibility index (Phi) is 3.84. The van der Waals surface area contributed by atoms with Gasteiger partial charge in [-0.25, -0.2) is 4.98 Å². The molecule has 7 heteroatoms. The lowest BCUT2D eigenvalue weighted by Gasteiger charge is -2.27. The smallest absolute Gasteiger partial charge is 0.351 e. The number of hydrogen-bond acceptors (Lipinski definition) is 4. The number of nitrogens with zero attached hydrogens (tertiary/aromatic N) is 3. The molecule has 1 fully saturated rings. The maximum Gasteiger partial charge on any atom is 0.412 e. The van der Waals surface area contributed by atoms with Crippen LogP contribution in [0.15, 0.2) is 24.0 Å². The van der Waals surface area contributed by atoms with Gasteiger partial charge in [0.15, 0.2) is 0 Å². The van der Waals surface area contributed by atoms with Crippen LogP contribution < -0.4 is 10.2 Å². The Morgan fingerprint density at radius 2 is 2.05 bits per heavy atom. The second-order valence-corrected chi connectivity index (χ2v) is 5.44. The van der Waals surface area contributed by atoms with Crippen LogP contribution in [0.1, 0.15) is 25.0 Å². The highest BCUT2D eigenvalue weighted by molar-refractivity contribution is 5.39. The summed E-state index contributed by atoms with van der Waals surface area (Å²) in [6, 6.07) is 0.611. The molecule has 0 aromatic carbocycles. The van der Waals surface area contributed by atoms with Gasteiger partial charge in [0, 0.05) is 31.2 Å². The first kappa shape index (κ1) is 14.3. The first-order valence-corrected chi connectivity index (χ1v) is 7.08. The summed E-state index contributed by atoms with van der Waals surface area (Å²) in [7, 11) is 0. The van der Waals surface area contributed by atoms with Gasteiger partial charge in [0.25, 0.3) is 0 Å². The number of hydrogen-bond donors (Lipinski definition) is 1. The van der Waals surface area contributed by atoms with Crippen molar-refractivity contribution in [2.24, 2.45) is 0 Å². The Bertz CT molecular complexity index is 520. The molecule has 2 aliphatic rings. The Labute approximate surface area is 121 Å². The quantitative estimate of drug-likeness (QED) is 0.867. The average molecular weight is 298 g/mol. The number of anilines is 1. The van der Waals surface area contributed by atoms with E-state index in [1.165, 1.54) is 18.9 Å². The molecule has 1 N–H and O–H groups in total. The lowest BCUT2D eigenvalue weighted by atomic mass is 10.1. The van der Waals surface area contributed by atoms with Crippen molar-refractivity contribution < 1.29 is 13.2 Å². The second kappa shape index (κ2) is 5.63. The molecule has 0 radical (unpaired) electrons. The third-order valence-electron chi connectivity index (χ3n) is 3.74. The molecule has 1 aromatic rings. The van der Waals surface area contributed by atoms with E-state index in [-0.39, 0.29) is 13.0 Å². The van der Waals surface area contributed by atoms with Crippen LogP contribution in [0.4, 0.5) is 19.0 Å². The zero-order valence-corrected chi connectivity index (χ0v) is 11.5. The van der Waals surface area contributed by atoms with E-state index in [1.807, 2.05) is 0 Å². The van der Waals surface area contributed by atoms with Crippen molar-refractivity contribution in [3.8, 4) is 0 Å². The van der Waals surface area contributed by atoms with Crippen molar-refractivity contribution in [3.63, 3.8) is 0 Å². The van der Waals surface area contributed by atoms with Crippen LogP contribution in [-0.2, 0) is 6.54 Å². The lowest BCUT2D eigenvalue weighted by molar-refractivity contribution is -0.0944. The van der Waals surface area contributed by atoms with Gasteiger partial charge in [-0.2, -0.15) is 13.2 Å². The molecule has 1 aliphatic carbocycles. The summed E-state index contributed by atoms with van der Waals surface area (Å²) in [4.78, 5) is 10.4. The van der Waals surface area contributed by atoms with Gasteiger partial charge in [0.05, 0.1) is 18.1 Å². The number of alkyl halides is 3.